The van der Waals surface area contributed by atoms with Crippen molar-refractivity contribution in [3.63, 3.8) is 0 Å². The Balaban J connectivity index is 1.85. The number of esters is 1. The van der Waals surface area contributed by atoms with Gasteiger partial charge in [0.2, 0.25) is 0 Å². The number of ether oxygens (including phenoxy) is 1. The summed E-state index contributed by atoms with van der Waals surface area (Å²) in [6.07, 6.45) is 3.76. The Hall–Kier alpha value is -1.16. The lowest BCUT2D eigenvalue weighted by Gasteiger charge is -2.23. The molecular formula is C12H16O4. The van der Waals surface area contributed by atoms with Crippen LogP contribution in [0.1, 0.15) is 19.8 Å². The number of aliphatic hydroxyl groups excluding tert-OH is 1. The first-order chi connectivity index (χ1) is 7.63. The number of hydrogen-bond donors (Lipinski definition) is 1. The van der Waals surface area contributed by atoms with Gasteiger partial charge >= 0.3 is 5.97 Å². The van der Waals surface area contributed by atoms with Crippen LogP contribution in [0.3, 0.4) is 0 Å². The van der Waals surface area contributed by atoms with Crippen molar-refractivity contribution in [2.75, 3.05) is 6.61 Å². The fourth-order valence-electron chi connectivity index (χ4n) is 2.37. The summed E-state index contributed by atoms with van der Waals surface area (Å²) in [5, 5.41) is 9.67. The summed E-state index contributed by atoms with van der Waals surface area (Å²) in [6, 6.07) is 0. The quantitative estimate of drug-likeness (QED) is 0.566. The molecule has 2 rings (SSSR count). The molecule has 2 fully saturated rings. The lowest BCUT2D eigenvalue weighted by molar-refractivity contribution is -0.143. The van der Waals surface area contributed by atoms with Crippen molar-refractivity contribution < 1.29 is 19.4 Å². The molecule has 0 aromatic rings. The number of Topliss-reactive ketones (excluding diaryl/α,β-unsaturated/α-hetero) is 1. The molecule has 0 radical (unpaired) electrons. The van der Waals surface area contributed by atoms with Crippen molar-refractivity contribution >= 4 is 11.8 Å². The number of carbonyl (C=O) groups is 2. The highest BCUT2D eigenvalue weighted by molar-refractivity contribution is 5.88. The van der Waals surface area contributed by atoms with Gasteiger partial charge in [-0.3, -0.25) is 4.79 Å². The van der Waals surface area contributed by atoms with Crippen molar-refractivity contribution in [2.24, 2.45) is 17.8 Å². The molecule has 0 heterocycles. The number of rotatable bonds is 3. The van der Waals surface area contributed by atoms with Gasteiger partial charge in [0.05, 0.1) is 12.0 Å². The Morgan fingerprint density at radius 3 is 3.00 bits per heavy atom. The summed E-state index contributed by atoms with van der Waals surface area (Å²) < 4.78 is 4.95. The number of allylic oxidation sites excluding steroid dienone is 1. The average Bonchev–Trinajstić information content (AvgIpc) is 3.02. The van der Waals surface area contributed by atoms with Gasteiger partial charge < -0.3 is 9.84 Å². The predicted molar refractivity (Wildman–Crippen MR) is 56.5 cm³/mol. The Bertz CT molecular complexity index is 334. The van der Waals surface area contributed by atoms with E-state index in [0.29, 0.717) is 6.42 Å². The Morgan fingerprint density at radius 2 is 2.31 bits per heavy atom. The van der Waals surface area contributed by atoms with E-state index in [1.807, 2.05) is 0 Å². The third-order valence-electron chi connectivity index (χ3n) is 3.36. The number of ketones is 1. The number of aliphatic hydroxyl groups is 1. The Morgan fingerprint density at radius 1 is 1.56 bits per heavy atom. The predicted octanol–water partition coefficient (Wildman–Crippen LogP) is 0.692. The maximum Gasteiger partial charge on any atom is 0.330 e. The van der Waals surface area contributed by atoms with Gasteiger partial charge in [0.15, 0.2) is 0 Å². The monoisotopic (exact) mass is 224 g/mol. The van der Waals surface area contributed by atoms with E-state index in [-0.39, 0.29) is 30.1 Å². The zero-order chi connectivity index (χ0) is 11.7. The fourth-order valence-corrected chi connectivity index (χ4v) is 2.37. The molecular weight excluding hydrogens is 208 g/mol. The van der Waals surface area contributed by atoms with Gasteiger partial charge in [-0.1, -0.05) is 6.08 Å². The van der Waals surface area contributed by atoms with Crippen LogP contribution >= 0.6 is 0 Å². The van der Waals surface area contributed by atoms with E-state index in [0.717, 1.165) is 6.42 Å². The highest BCUT2D eigenvalue weighted by Gasteiger charge is 2.53. The van der Waals surface area contributed by atoms with Gasteiger partial charge in [-0.25, -0.2) is 4.79 Å². The molecule has 2 aliphatic carbocycles. The van der Waals surface area contributed by atoms with Gasteiger partial charge in [-0.2, -0.15) is 0 Å². The summed E-state index contributed by atoms with van der Waals surface area (Å²) in [4.78, 5) is 22.8. The zero-order valence-corrected chi connectivity index (χ0v) is 9.26. The first kappa shape index (κ1) is 11.3. The van der Waals surface area contributed by atoms with Gasteiger partial charge in [0.1, 0.15) is 12.4 Å². The van der Waals surface area contributed by atoms with Gasteiger partial charge in [-0.05, 0) is 25.7 Å². The molecule has 4 heteroatoms. The van der Waals surface area contributed by atoms with Crippen molar-refractivity contribution in [2.45, 2.75) is 25.9 Å². The summed E-state index contributed by atoms with van der Waals surface area (Å²) in [6.45, 7) is 1.83. The van der Waals surface area contributed by atoms with Crippen molar-refractivity contribution in [3.05, 3.63) is 12.2 Å². The number of fused-ring (bicyclic) bond motifs is 1. The minimum absolute atomic E-state index is 0.0224. The first-order valence-electron chi connectivity index (χ1n) is 5.64. The second-order valence-corrected chi connectivity index (χ2v) is 4.54. The van der Waals surface area contributed by atoms with Crippen LogP contribution in [0.4, 0.5) is 0 Å². The largest absolute Gasteiger partial charge is 0.462 e. The SMILES string of the molecule is C/C=C/C(=O)OCC1C[C@H](O)[C@@H]2C[C@@H]2C1=O. The highest BCUT2D eigenvalue weighted by atomic mass is 16.5. The molecule has 4 atom stereocenters. The minimum atomic E-state index is -0.428. The van der Waals surface area contributed by atoms with Crippen LogP contribution in [-0.2, 0) is 14.3 Å². The molecule has 2 aliphatic rings. The first-order valence-corrected chi connectivity index (χ1v) is 5.64. The molecule has 88 valence electrons. The summed E-state index contributed by atoms with van der Waals surface area (Å²) in [7, 11) is 0. The second-order valence-electron chi connectivity index (χ2n) is 4.54. The van der Waals surface area contributed by atoms with Gasteiger partial charge in [0.25, 0.3) is 0 Å². The minimum Gasteiger partial charge on any atom is -0.462 e. The van der Waals surface area contributed by atoms with E-state index in [1.165, 1.54) is 6.08 Å². The molecule has 16 heavy (non-hydrogen) atoms. The van der Waals surface area contributed by atoms with E-state index < -0.39 is 12.1 Å². The summed E-state index contributed by atoms with van der Waals surface area (Å²) >= 11 is 0. The van der Waals surface area contributed by atoms with E-state index in [1.54, 1.807) is 13.0 Å². The highest BCUT2D eigenvalue weighted by Crippen LogP contribution is 2.49. The molecule has 1 unspecified atom stereocenters. The van der Waals surface area contributed by atoms with Crippen LogP contribution in [0.5, 0.6) is 0 Å². The Kier molecular flexibility index (Phi) is 3.10. The van der Waals surface area contributed by atoms with E-state index in [9.17, 15) is 14.7 Å². The van der Waals surface area contributed by atoms with E-state index in [4.69, 9.17) is 4.74 Å². The number of carbonyl (C=O) groups excluding carboxylic acids is 2. The normalized spacial score (nSPS) is 37.2. The molecule has 2 saturated carbocycles. The molecule has 0 spiro atoms. The molecule has 0 aromatic carbocycles. The van der Waals surface area contributed by atoms with Gasteiger partial charge in [-0.15, -0.1) is 0 Å². The van der Waals surface area contributed by atoms with E-state index in [2.05, 4.69) is 0 Å². The second kappa shape index (κ2) is 4.37. The van der Waals surface area contributed by atoms with Crippen molar-refractivity contribution in [1.82, 2.24) is 0 Å². The average molecular weight is 224 g/mol. The number of hydrogen-bond acceptors (Lipinski definition) is 4. The molecule has 0 aliphatic heterocycles. The van der Waals surface area contributed by atoms with Crippen LogP contribution in [-0.4, -0.2) is 29.6 Å². The molecule has 4 nitrogen and oxygen atoms in total. The third kappa shape index (κ3) is 2.16. The fraction of sp³-hybridized carbons (Fsp3) is 0.667. The van der Waals surface area contributed by atoms with Crippen LogP contribution in [0, 0.1) is 17.8 Å². The van der Waals surface area contributed by atoms with Crippen molar-refractivity contribution in [1.29, 1.82) is 0 Å². The summed E-state index contributed by atoms with van der Waals surface area (Å²) in [5.41, 5.74) is 0. The van der Waals surface area contributed by atoms with Crippen LogP contribution < -0.4 is 0 Å². The lowest BCUT2D eigenvalue weighted by atomic mass is 9.87. The molecule has 0 saturated heterocycles. The van der Waals surface area contributed by atoms with Crippen LogP contribution in [0.2, 0.25) is 0 Å². The standard InChI is InChI=1S/C12H16O4/c1-2-3-11(14)16-6-7-4-10(13)8-5-9(8)12(7)15/h2-3,7-10,13H,4-6H2,1H3/b3-2+/t7?,8-,9+,10+/m1/s1. The van der Waals surface area contributed by atoms with Crippen molar-refractivity contribution in [3.8, 4) is 0 Å². The van der Waals surface area contributed by atoms with E-state index >= 15 is 0 Å². The molecule has 1 N–H and O–H groups in total. The smallest absolute Gasteiger partial charge is 0.330 e. The maximum atomic E-state index is 11.8. The Labute approximate surface area is 94.3 Å². The summed E-state index contributed by atoms with van der Waals surface area (Å²) in [5.74, 6) is -0.386. The zero-order valence-electron chi connectivity index (χ0n) is 9.26. The lowest BCUT2D eigenvalue weighted by Crippen LogP contribution is -2.33. The maximum absolute atomic E-state index is 11.8. The van der Waals surface area contributed by atoms with Crippen LogP contribution in [0.15, 0.2) is 12.2 Å². The molecule has 0 amide bonds. The third-order valence-corrected chi connectivity index (χ3v) is 3.36. The van der Waals surface area contributed by atoms with Gasteiger partial charge in [0, 0.05) is 12.0 Å². The van der Waals surface area contributed by atoms with Crippen LogP contribution in [0.25, 0.3) is 0 Å². The molecule has 0 aromatic heterocycles. The molecule has 0 bridgehead atoms. The topological polar surface area (TPSA) is 63.6 Å².